The van der Waals surface area contributed by atoms with E-state index in [-0.39, 0.29) is 5.91 Å². The van der Waals surface area contributed by atoms with Crippen LogP contribution in [0.3, 0.4) is 0 Å². The molecular weight excluding hydrogens is 254 g/mol. The Balaban J connectivity index is 1.69. The van der Waals surface area contributed by atoms with Gasteiger partial charge in [-0.05, 0) is 25.0 Å². The fourth-order valence-corrected chi connectivity index (χ4v) is 1.87. The second-order valence-electron chi connectivity index (χ2n) is 4.50. The fraction of sp³-hybridized carbons (Fsp3) is 0.357. The van der Waals surface area contributed by atoms with E-state index in [1.807, 2.05) is 10.8 Å². The molecule has 0 saturated carbocycles. The van der Waals surface area contributed by atoms with E-state index >= 15 is 0 Å². The number of carbonyl (C=O) groups excluding carboxylic acids is 1. The average molecular weight is 273 g/mol. The number of pyridine rings is 1. The number of aryl methyl sites for hydroxylation is 1. The number of unbranched alkanes of at least 4 members (excludes halogenated alkanes) is 1. The number of aromatic nitrogens is 3. The average Bonchev–Trinajstić information content (AvgIpc) is 3.00. The summed E-state index contributed by atoms with van der Waals surface area (Å²) in [5.74, 6) is -0.0790. The first-order chi connectivity index (χ1) is 9.79. The van der Waals surface area contributed by atoms with Crippen LogP contribution in [0.1, 0.15) is 28.9 Å². The molecule has 0 saturated heterocycles. The maximum absolute atomic E-state index is 11.9. The number of nitrogens with zero attached hydrogens (tertiary/aromatic N) is 3. The van der Waals surface area contributed by atoms with E-state index in [0.717, 1.165) is 25.1 Å². The third kappa shape index (κ3) is 4.17. The summed E-state index contributed by atoms with van der Waals surface area (Å²) in [5.41, 5.74) is 6.83. The lowest BCUT2D eigenvalue weighted by atomic mass is 10.2. The Morgan fingerprint density at radius 3 is 3.00 bits per heavy atom. The summed E-state index contributed by atoms with van der Waals surface area (Å²) >= 11 is 0. The molecule has 0 fully saturated rings. The van der Waals surface area contributed by atoms with Crippen molar-refractivity contribution < 1.29 is 4.79 Å². The third-order valence-corrected chi connectivity index (χ3v) is 2.98. The van der Waals surface area contributed by atoms with Gasteiger partial charge in [-0.15, -0.1) is 0 Å². The molecule has 0 atom stereocenters. The van der Waals surface area contributed by atoms with Gasteiger partial charge < -0.3 is 15.6 Å². The highest BCUT2D eigenvalue weighted by atomic mass is 16.1. The molecule has 6 nitrogen and oxygen atoms in total. The molecule has 6 heteroatoms. The zero-order valence-electron chi connectivity index (χ0n) is 11.3. The monoisotopic (exact) mass is 273 g/mol. The molecule has 2 heterocycles. The number of rotatable bonds is 7. The van der Waals surface area contributed by atoms with Gasteiger partial charge in [0.15, 0.2) is 0 Å². The van der Waals surface area contributed by atoms with Crippen molar-refractivity contribution in [3.63, 3.8) is 0 Å². The quantitative estimate of drug-likeness (QED) is 0.735. The van der Waals surface area contributed by atoms with Crippen molar-refractivity contribution in [1.82, 2.24) is 19.9 Å². The van der Waals surface area contributed by atoms with Gasteiger partial charge in [0.2, 0.25) is 0 Å². The molecule has 20 heavy (non-hydrogen) atoms. The van der Waals surface area contributed by atoms with Gasteiger partial charge in [0.1, 0.15) is 0 Å². The summed E-state index contributed by atoms with van der Waals surface area (Å²) in [6.07, 6.45) is 9.03. The minimum atomic E-state index is -0.0790. The Labute approximate surface area is 118 Å². The molecule has 0 radical (unpaired) electrons. The minimum absolute atomic E-state index is 0.0790. The van der Waals surface area contributed by atoms with Crippen LogP contribution in [0.2, 0.25) is 0 Å². The molecule has 2 aromatic rings. The summed E-state index contributed by atoms with van der Waals surface area (Å²) in [7, 11) is 0. The maximum atomic E-state index is 11.9. The molecular formula is C14H19N5O. The van der Waals surface area contributed by atoms with E-state index in [1.54, 1.807) is 30.9 Å². The van der Waals surface area contributed by atoms with E-state index in [9.17, 15) is 4.79 Å². The molecule has 3 N–H and O–H groups in total. The van der Waals surface area contributed by atoms with Crippen LogP contribution >= 0.6 is 0 Å². The fourth-order valence-electron chi connectivity index (χ4n) is 1.87. The molecule has 2 rings (SSSR count). The van der Waals surface area contributed by atoms with Crippen molar-refractivity contribution in [2.75, 3.05) is 6.54 Å². The van der Waals surface area contributed by atoms with Crippen LogP contribution in [0.4, 0.5) is 0 Å². The van der Waals surface area contributed by atoms with E-state index in [2.05, 4.69) is 15.3 Å². The second-order valence-corrected chi connectivity index (χ2v) is 4.50. The van der Waals surface area contributed by atoms with Gasteiger partial charge in [0.05, 0.1) is 12.0 Å². The minimum Gasteiger partial charge on any atom is -0.352 e. The number of hydrogen-bond acceptors (Lipinski definition) is 4. The summed E-state index contributed by atoms with van der Waals surface area (Å²) < 4.78 is 2.03. The molecule has 0 unspecified atom stereocenters. The molecule has 1 amide bonds. The van der Waals surface area contributed by atoms with Crippen LogP contribution in [-0.4, -0.2) is 27.0 Å². The van der Waals surface area contributed by atoms with Gasteiger partial charge in [-0.2, -0.15) is 0 Å². The summed E-state index contributed by atoms with van der Waals surface area (Å²) in [6.45, 7) is 1.92. The third-order valence-electron chi connectivity index (χ3n) is 2.98. The molecule has 0 aliphatic heterocycles. The van der Waals surface area contributed by atoms with Gasteiger partial charge in [-0.25, -0.2) is 4.98 Å². The Hall–Kier alpha value is -2.21. The Bertz CT molecular complexity index is 538. The molecule has 106 valence electrons. The summed E-state index contributed by atoms with van der Waals surface area (Å²) in [5, 5.41) is 2.90. The SMILES string of the molecule is NCc1cc(C(=O)NCCCCn2ccnc2)ccn1. The predicted octanol–water partition coefficient (Wildman–Crippen LogP) is 0.947. The van der Waals surface area contributed by atoms with Gasteiger partial charge >= 0.3 is 0 Å². The predicted molar refractivity (Wildman–Crippen MR) is 75.9 cm³/mol. The Morgan fingerprint density at radius 2 is 2.25 bits per heavy atom. The highest BCUT2D eigenvalue weighted by molar-refractivity contribution is 5.94. The maximum Gasteiger partial charge on any atom is 0.251 e. The topological polar surface area (TPSA) is 85.8 Å². The van der Waals surface area contributed by atoms with Crippen molar-refractivity contribution in [2.45, 2.75) is 25.9 Å². The van der Waals surface area contributed by atoms with Crippen LogP contribution in [0, 0.1) is 0 Å². The van der Waals surface area contributed by atoms with E-state index in [1.165, 1.54) is 0 Å². The molecule has 2 aromatic heterocycles. The summed E-state index contributed by atoms with van der Waals surface area (Å²) in [4.78, 5) is 20.0. The first-order valence-electron chi connectivity index (χ1n) is 6.68. The lowest BCUT2D eigenvalue weighted by Crippen LogP contribution is -2.25. The number of amides is 1. The second kappa shape index (κ2) is 7.40. The lowest BCUT2D eigenvalue weighted by molar-refractivity contribution is 0.0952. The van der Waals surface area contributed by atoms with Crippen molar-refractivity contribution in [2.24, 2.45) is 5.73 Å². The van der Waals surface area contributed by atoms with Gasteiger partial charge in [0, 0.05) is 43.8 Å². The molecule has 0 bridgehead atoms. The van der Waals surface area contributed by atoms with Crippen molar-refractivity contribution in [3.05, 3.63) is 48.3 Å². The highest BCUT2D eigenvalue weighted by Gasteiger charge is 2.05. The zero-order valence-corrected chi connectivity index (χ0v) is 11.3. The van der Waals surface area contributed by atoms with E-state index in [4.69, 9.17) is 5.73 Å². The first-order valence-corrected chi connectivity index (χ1v) is 6.68. The number of nitrogens with one attached hydrogen (secondary N) is 1. The van der Waals surface area contributed by atoms with Crippen LogP contribution in [0.15, 0.2) is 37.1 Å². The van der Waals surface area contributed by atoms with Crippen molar-refractivity contribution in [3.8, 4) is 0 Å². The van der Waals surface area contributed by atoms with Crippen LogP contribution in [-0.2, 0) is 13.1 Å². The number of imidazole rings is 1. The first kappa shape index (κ1) is 14.2. The number of nitrogens with two attached hydrogens (primary N) is 1. The Morgan fingerprint density at radius 1 is 1.35 bits per heavy atom. The van der Waals surface area contributed by atoms with Crippen molar-refractivity contribution in [1.29, 1.82) is 0 Å². The van der Waals surface area contributed by atoms with Gasteiger partial charge in [-0.3, -0.25) is 9.78 Å². The van der Waals surface area contributed by atoms with Crippen LogP contribution in [0.25, 0.3) is 0 Å². The van der Waals surface area contributed by atoms with Gasteiger partial charge in [0.25, 0.3) is 5.91 Å². The standard InChI is InChI=1S/C14H19N5O/c15-10-13-9-12(3-5-17-13)14(20)18-4-1-2-7-19-8-6-16-11-19/h3,5-6,8-9,11H,1-2,4,7,10,15H2,(H,18,20). The normalized spacial score (nSPS) is 10.4. The largest absolute Gasteiger partial charge is 0.352 e. The zero-order chi connectivity index (χ0) is 14.2. The molecule has 0 aliphatic rings. The Kier molecular flexibility index (Phi) is 5.25. The van der Waals surface area contributed by atoms with E-state index in [0.29, 0.717) is 18.7 Å². The van der Waals surface area contributed by atoms with Crippen molar-refractivity contribution >= 4 is 5.91 Å². The smallest absolute Gasteiger partial charge is 0.251 e. The highest BCUT2D eigenvalue weighted by Crippen LogP contribution is 2.01. The van der Waals surface area contributed by atoms with Gasteiger partial charge in [-0.1, -0.05) is 0 Å². The molecule has 0 aromatic carbocycles. The van der Waals surface area contributed by atoms with Crippen LogP contribution < -0.4 is 11.1 Å². The number of carbonyl (C=O) groups is 1. The molecule has 0 spiro atoms. The van der Waals surface area contributed by atoms with E-state index < -0.39 is 0 Å². The van der Waals surface area contributed by atoms with Crippen LogP contribution in [0.5, 0.6) is 0 Å². The number of hydrogen-bond donors (Lipinski definition) is 2. The molecule has 0 aliphatic carbocycles. The lowest BCUT2D eigenvalue weighted by Gasteiger charge is -2.06. The summed E-state index contributed by atoms with van der Waals surface area (Å²) in [6, 6.07) is 3.42.